The van der Waals surface area contributed by atoms with Gasteiger partial charge in [-0.05, 0) is 38.8 Å². The van der Waals surface area contributed by atoms with E-state index in [4.69, 9.17) is 9.84 Å². The topological polar surface area (TPSA) is 66.8 Å². The van der Waals surface area contributed by atoms with Gasteiger partial charge < -0.3 is 9.84 Å². The van der Waals surface area contributed by atoms with Gasteiger partial charge in [-0.25, -0.2) is 9.18 Å². The van der Waals surface area contributed by atoms with E-state index < -0.39 is 24.2 Å². The molecular formula is C15H20FNO4. The van der Waals surface area contributed by atoms with E-state index in [-0.39, 0.29) is 18.8 Å². The highest BCUT2D eigenvalue weighted by molar-refractivity contribution is 5.76. The van der Waals surface area contributed by atoms with Crippen molar-refractivity contribution >= 4 is 12.1 Å². The number of hydrogen-bond donors (Lipinski definition) is 1. The Morgan fingerprint density at radius 3 is 2.43 bits per heavy atom. The molecule has 0 unspecified atom stereocenters. The van der Waals surface area contributed by atoms with Crippen LogP contribution in [0.1, 0.15) is 26.3 Å². The average molecular weight is 297 g/mol. The first-order valence-electron chi connectivity index (χ1n) is 6.62. The number of halogens is 1. The molecule has 0 heterocycles. The Kier molecular flexibility index (Phi) is 5.69. The van der Waals surface area contributed by atoms with Crippen molar-refractivity contribution in [3.05, 3.63) is 35.6 Å². The third kappa shape index (κ3) is 6.25. The number of hydrogen-bond acceptors (Lipinski definition) is 3. The molecule has 0 spiro atoms. The standard InChI is InChI=1S/C15H20FNO4/c1-15(2,3)21-14(20)17(10-13(18)19)9-8-11-6-4-5-7-12(11)16/h4-7H,8-10H2,1-3H3,(H,18,19). The largest absolute Gasteiger partial charge is 0.480 e. The maximum Gasteiger partial charge on any atom is 0.410 e. The molecule has 0 saturated carbocycles. The van der Waals surface area contributed by atoms with Gasteiger partial charge in [0.25, 0.3) is 0 Å². The summed E-state index contributed by atoms with van der Waals surface area (Å²) in [6, 6.07) is 6.18. The molecule has 116 valence electrons. The fourth-order valence-electron chi connectivity index (χ4n) is 1.68. The quantitative estimate of drug-likeness (QED) is 0.907. The second-order valence-electron chi connectivity index (χ2n) is 5.64. The summed E-state index contributed by atoms with van der Waals surface area (Å²) in [6.45, 7) is 4.67. The number of benzene rings is 1. The monoisotopic (exact) mass is 297 g/mol. The Morgan fingerprint density at radius 2 is 1.90 bits per heavy atom. The Hall–Kier alpha value is -2.11. The van der Waals surface area contributed by atoms with Crippen LogP contribution in [0.4, 0.5) is 9.18 Å². The zero-order chi connectivity index (χ0) is 16.0. The van der Waals surface area contributed by atoms with Gasteiger partial charge in [-0.1, -0.05) is 18.2 Å². The number of amides is 1. The fraction of sp³-hybridized carbons (Fsp3) is 0.467. The minimum atomic E-state index is -1.14. The number of rotatable bonds is 5. The Morgan fingerprint density at radius 1 is 1.29 bits per heavy atom. The minimum Gasteiger partial charge on any atom is -0.480 e. The summed E-state index contributed by atoms with van der Waals surface area (Å²) < 4.78 is 18.7. The van der Waals surface area contributed by atoms with Crippen molar-refractivity contribution in [1.29, 1.82) is 0 Å². The molecule has 6 heteroatoms. The number of carboxylic acid groups (broad SMARTS) is 1. The lowest BCUT2D eigenvalue weighted by Crippen LogP contribution is -2.41. The molecule has 0 aliphatic rings. The van der Waals surface area contributed by atoms with Crippen molar-refractivity contribution in [3.8, 4) is 0 Å². The van der Waals surface area contributed by atoms with Crippen LogP contribution in [0.25, 0.3) is 0 Å². The van der Waals surface area contributed by atoms with Gasteiger partial charge in [-0.2, -0.15) is 0 Å². The van der Waals surface area contributed by atoms with Crippen molar-refractivity contribution in [2.45, 2.75) is 32.8 Å². The minimum absolute atomic E-state index is 0.0716. The lowest BCUT2D eigenvalue weighted by Gasteiger charge is -2.26. The van der Waals surface area contributed by atoms with Crippen molar-refractivity contribution in [2.24, 2.45) is 0 Å². The average Bonchev–Trinajstić information content (AvgIpc) is 2.33. The molecule has 0 aromatic heterocycles. The van der Waals surface area contributed by atoms with E-state index >= 15 is 0 Å². The molecule has 0 aliphatic heterocycles. The van der Waals surface area contributed by atoms with Crippen LogP contribution in [-0.4, -0.2) is 40.8 Å². The van der Waals surface area contributed by atoms with Gasteiger partial charge in [0, 0.05) is 6.54 Å². The number of nitrogens with zero attached hydrogens (tertiary/aromatic N) is 1. The first-order valence-corrected chi connectivity index (χ1v) is 6.62. The second-order valence-corrected chi connectivity index (χ2v) is 5.64. The molecular weight excluding hydrogens is 277 g/mol. The van der Waals surface area contributed by atoms with Crippen LogP contribution in [0.3, 0.4) is 0 Å². The summed E-state index contributed by atoms with van der Waals surface area (Å²) in [5.74, 6) is -1.52. The summed E-state index contributed by atoms with van der Waals surface area (Å²) in [5.41, 5.74) is -0.289. The number of carbonyl (C=O) groups excluding carboxylic acids is 1. The molecule has 1 aromatic carbocycles. The molecule has 5 nitrogen and oxygen atoms in total. The third-order valence-corrected chi connectivity index (χ3v) is 2.59. The summed E-state index contributed by atoms with van der Waals surface area (Å²) >= 11 is 0. The van der Waals surface area contributed by atoms with E-state index in [2.05, 4.69) is 0 Å². The fourth-order valence-corrected chi connectivity index (χ4v) is 1.68. The van der Waals surface area contributed by atoms with E-state index in [0.29, 0.717) is 5.56 Å². The highest BCUT2D eigenvalue weighted by atomic mass is 19.1. The molecule has 21 heavy (non-hydrogen) atoms. The van der Waals surface area contributed by atoms with Crippen LogP contribution in [0.2, 0.25) is 0 Å². The lowest BCUT2D eigenvalue weighted by molar-refractivity contribution is -0.138. The molecule has 0 fully saturated rings. The number of ether oxygens (including phenoxy) is 1. The van der Waals surface area contributed by atoms with E-state index in [1.165, 1.54) is 6.07 Å². The summed E-state index contributed by atoms with van der Waals surface area (Å²) in [5, 5.41) is 8.86. The van der Waals surface area contributed by atoms with Crippen molar-refractivity contribution in [2.75, 3.05) is 13.1 Å². The van der Waals surface area contributed by atoms with E-state index in [0.717, 1.165) is 4.90 Å². The van der Waals surface area contributed by atoms with Crippen molar-refractivity contribution in [3.63, 3.8) is 0 Å². The third-order valence-electron chi connectivity index (χ3n) is 2.59. The first-order chi connectivity index (χ1) is 9.69. The van der Waals surface area contributed by atoms with Crippen LogP contribution >= 0.6 is 0 Å². The van der Waals surface area contributed by atoms with Crippen LogP contribution in [0.15, 0.2) is 24.3 Å². The van der Waals surface area contributed by atoms with Gasteiger partial charge in [0.2, 0.25) is 0 Å². The van der Waals surface area contributed by atoms with E-state index in [1.54, 1.807) is 39.0 Å². The zero-order valence-corrected chi connectivity index (χ0v) is 12.4. The van der Waals surface area contributed by atoms with Crippen LogP contribution < -0.4 is 0 Å². The second kappa shape index (κ2) is 7.06. The van der Waals surface area contributed by atoms with Gasteiger partial charge in [0.1, 0.15) is 18.0 Å². The maximum absolute atomic E-state index is 13.5. The maximum atomic E-state index is 13.5. The molecule has 1 amide bonds. The highest BCUT2D eigenvalue weighted by Crippen LogP contribution is 2.12. The van der Waals surface area contributed by atoms with Crippen molar-refractivity contribution < 1.29 is 23.8 Å². The number of carboxylic acids is 1. The predicted molar refractivity (Wildman–Crippen MR) is 75.5 cm³/mol. The van der Waals surface area contributed by atoms with Gasteiger partial charge in [-0.3, -0.25) is 9.69 Å². The van der Waals surface area contributed by atoms with Crippen LogP contribution in [-0.2, 0) is 16.0 Å². The van der Waals surface area contributed by atoms with Gasteiger partial charge >= 0.3 is 12.1 Å². The van der Waals surface area contributed by atoms with Crippen molar-refractivity contribution in [1.82, 2.24) is 4.90 Å². The summed E-state index contributed by atoms with van der Waals surface area (Å²) in [4.78, 5) is 23.8. The SMILES string of the molecule is CC(C)(C)OC(=O)N(CCc1ccccc1F)CC(=O)O. The molecule has 0 atom stereocenters. The molecule has 1 rings (SSSR count). The van der Waals surface area contributed by atoms with Crippen LogP contribution in [0, 0.1) is 5.82 Å². The highest BCUT2D eigenvalue weighted by Gasteiger charge is 2.23. The normalized spacial score (nSPS) is 11.0. The van der Waals surface area contributed by atoms with Gasteiger partial charge in [0.05, 0.1) is 0 Å². The molecule has 0 aliphatic carbocycles. The smallest absolute Gasteiger partial charge is 0.410 e. The Balaban J connectivity index is 2.72. The first kappa shape index (κ1) is 16.9. The summed E-state index contributed by atoms with van der Waals surface area (Å²) in [7, 11) is 0. The lowest BCUT2D eigenvalue weighted by atomic mass is 10.1. The molecule has 0 bridgehead atoms. The summed E-state index contributed by atoms with van der Waals surface area (Å²) in [6.07, 6.45) is -0.500. The molecule has 0 saturated heterocycles. The van der Waals surface area contributed by atoms with E-state index in [1.807, 2.05) is 0 Å². The Bertz CT molecular complexity index is 511. The van der Waals surface area contributed by atoms with Gasteiger partial charge in [0.15, 0.2) is 0 Å². The molecule has 1 aromatic rings. The zero-order valence-electron chi connectivity index (χ0n) is 12.4. The Labute approximate surface area is 123 Å². The molecule has 0 radical (unpaired) electrons. The molecule has 1 N–H and O–H groups in total. The van der Waals surface area contributed by atoms with Crippen LogP contribution in [0.5, 0.6) is 0 Å². The van der Waals surface area contributed by atoms with Gasteiger partial charge in [-0.15, -0.1) is 0 Å². The predicted octanol–water partition coefficient (Wildman–Crippen LogP) is 2.69. The number of carbonyl (C=O) groups is 2. The van der Waals surface area contributed by atoms with E-state index in [9.17, 15) is 14.0 Å². The number of aliphatic carboxylic acids is 1.